The van der Waals surface area contributed by atoms with Crippen LogP contribution in [0.25, 0.3) is 5.57 Å². The van der Waals surface area contributed by atoms with Crippen molar-refractivity contribution in [2.75, 3.05) is 6.54 Å². The molecular formula is C9H5Cl2NO2S. The van der Waals surface area contributed by atoms with Crippen molar-refractivity contribution in [1.82, 2.24) is 0 Å². The molecule has 2 heterocycles. The highest BCUT2D eigenvalue weighted by Crippen LogP contribution is 2.35. The minimum absolute atomic E-state index is 0.201. The maximum atomic E-state index is 10.7. The summed E-state index contributed by atoms with van der Waals surface area (Å²) in [6.07, 6.45) is 1.82. The highest BCUT2D eigenvalue weighted by molar-refractivity contribution is 7.18. The molecule has 0 fully saturated rings. The molecule has 2 rings (SSSR count). The zero-order chi connectivity index (χ0) is 11.0. The molecule has 0 amide bonds. The van der Waals surface area contributed by atoms with Gasteiger partial charge in [-0.2, -0.15) is 0 Å². The molecular weight excluding hydrogens is 257 g/mol. The van der Waals surface area contributed by atoms with Crippen molar-refractivity contribution in [2.24, 2.45) is 4.99 Å². The standard InChI is InChI=1S/C9H5Cl2NO2S/c10-7-4(1-2-12-7)5-3-6(9(13)14)15-8(5)11/h1,3H,2H2,(H,13,14). The van der Waals surface area contributed by atoms with Gasteiger partial charge >= 0.3 is 5.97 Å². The van der Waals surface area contributed by atoms with Gasteiger partial charge in [0, 0.05) is 11.1 Å². The Morgan fingerprint density at radius 1 is 1.53 bits per heavy atom. The highest BCUT2D eigenvalue weighted by atomic mass is 35.5. The lowest BCUT2D eigenvalue weighted by Crippen LogP contribution is -1.91. The number of carbonyl (C=O) groups is 1. The van der Waals surface area contributed by atoms with Crippen molar-refractivity contribution in [1.29, 1.82) is 0 Å². The average molecular weight is 262 g/mol. The second kappa shape index (κ2) is 3.96. The molecule has 0 unspecified atom stereocenters. The second-order valence-corrected chi connectivity index (χ2v) is 4.86. The SMILES string of the molecule is O=C(O)c1cc(C2=CCN=C2Cl)c(Cl)s1. The Hall–Kier alpha value is -0.840. The quantitative estimate of drug-likeness (QED) is 0.890. The number of hydrogen-bond donors (Lipinski definition) is 1. The van der Waals surface area contributed by atoms with Gasteiger partial charge in [0.15, 0.2) is 0 Å². The van der Waals surface area contributed by atoms with E-state index in [4.69, 9.17) is 28.3 Å². The number of nitrogens with zero attached hydrogens (tertiary/aromatic N) is 1. The molecule has 15 heavy (non-hydrogen) atoms. The molecule has 1 N–H and O–H groups in total. The maximum absolute atomic E-state index is 10.7. The first-order valence-corrected chi connectivity index (χ1v) is 5.60. The summed E-state index contributed by atoms with van der Waals surface area (Å²) in [5.74, 6) is -0.986. The van der Waals surface area contributed by atoms with E-state index in [2.05, 4.69) is 4.99 Å². The van der Waals surface area contributed by atoms with E-state index in [0.717, 1.165) is 11.3 Å². The van der Waals surface area contributed by atoms with Crippen molar-refractivity contribution in [3.8, 4) is 0 Å². The normalized spacial score (nSPS) is 15.1. The van der Waals surface area contributed by atoms with E-state index in [-0.39, 0.29) is 4.88 Å². The van der Waals surface area contributed by atoms with E-state index in [1.807, 2.05) is 6.08 Å². The zero-order valence-corrected chi connectivity index (χ0v) is 9.66. The van der Waals surface area contributed by atoms with E-state index >= 15 is 0 Å². The Morgan fingerprint density at radius 3 is 2.73 bits per heavy atom. The van der Waals surface area contributed by atoms with E-state index in [1.165, 1.54) is 6.07 Å². The summed E-state index contributed by atoms with van der Waals surface area (Å²) in [5.41, 5.74) is 1.36. The van der Waals surface area contributed by atoms with Crippen LogP contribution in [0.2, 0.25) is 4.34 Å². The van der Waals surface area contributed by atoms with E-state index in [9.17, 15) is 4.79 Å². The van der Waals surface area contributed by atoms with Crippen LogP contribution < -0.4 is 0 Å². The van der Waals surface area contributed by atoms with Gasteiger partial charge in [-0.3, -0.25) is 4.99 Å². The lowest BCUT2D eigenvalue weighted by molar-refractivity contribution is 0.0702. The van der Waals surface area contributed by atoms with Crippen LogP contribution in [0.5, 0.6) is 0 Å². The fraction of sp³-hybridized carbons (Fsp3) is 0.111. The summed E-state index contributed by atoms with van der Waals surface area (Å²) in [6.45, 7) is 0.517. The molecule has 0 aromatic carbocycles. The molecule has 6 heteroatoms. The number of hydrogen-bond acceptors (Lipinski definition) is 3. The van der Waals surface area contributed by atoms with E-state index in [1.54, 1.807) is 0 Å². The van der Waals surface area contributed by atoms with Crippen molar-refractivity contribution in [3.05, 3.63) is 26.9 Å². The van der Waals surface area contributed by atoms with Gasteiger partial charge in [-0.1, -0.05) is 29.3 Å². The molecule has 3 nitrogen and oxygen atoms in total. The van der Waals surface area contributed by atoms with Gasteiger partial charge in [-0.15, -0.1) is 11.3 Å². The van der Waals surface area contributed by atoms with Gasteiger partial charge in [0.05, 0.1) is 6.54 Å². The van der Waals surface area contributed by atoms with Gasteiger partial charge in [0.2, 0.25) is 0 Å². The summed E-state index contributed by atoms with van der Waals surface area (Å²) in [4.78, 5) is 14.9. The van der Waals surface area contributed by atoms with Crippen molar-refractivity contribution in [3.63, 3.8) is 0 Å². The summed E-state index contributed by atoms with van der Waals surface area (Å²) >= 11 is 12.8. The van der Waals surface area contributed by atoms with E-state index < -0.39 is 5.97 Å². The number of halogens is 2. The van der Waals surface area contributed by atoms with Crippen LogP contribution in [0.3, 0.4) is 0 Å². The van der Waals surface area contributed by atoms with Crippen LogP contribution in [0.1, 0.15) is 15.2 Å². The summed E-state index contributed by atoms with van der Waals surface area (Å²) in [6, 6.07) is 1.52. The van der Waals surface area contributed by atoms with Gasteiger partial charge in [-0.25, -0.2) is 4.79 Å². The number of thiophene rings is 1. The van der Waals surface area contributed by atoms with Crippen LogP contribution in [0.4, 0.5) is 0 Å². The first-order chi connectivity index (χ1) is 7.09. The number of aliphatic imine (C=N–C) groups is 1. The third-order valence-corrected chi connectivity index (χ3v) is 3.61. The molecule has 0 bridgehead atoms. The summed E-state index contributed by atoms with van der Waals surface area (Å²) < 4.78 is 0.425. The number of rotatable bonds is 2. The third-order valence-electron chi connectivity index (χ3n) is 1.94. The molecule has 0 saturated heterocycles. The zero-order valence-electron chi connectivity index (χ0n) is 7.33. The van der Waals surface area contributed by atoms with Crippen molar-refractivity contribution >= 4 is 51.3 Å². The smallest absolute Gasteiger partial charge is 0.345 e. The summed E-state index contributed by atoms with van der Waals surface area (Å²) in [5, 5.41) is 9.18. The minimum Gasteiger partial charge on any atom is -0.477 e. The molecule has 1 aliphatic heterocycles. The summed E-state index contributed by atoms with van der Waals surface area (Å²) in [7, 11) is 0. The van der Waals surface area contributed by atoms with Gasteiger partial charge in [0.1, 0.15) is 14.4 Å². The molecule has 1 aromatic heterocycles. The lowest BCUT2D eigenvalue weighted by atomic mass is 10.1. The molecule has 0 saturated carbocycles. The van der Waals surface area contributed by atoms with Crippen LogP contribution >= 0.6 is 34.5 Å². The number of carboxylic acid groups (broad SMARTS) is 1. The fourth-order valence-electron chi connectivity index (χ4n) is 1.27. The molecule has 78 valence electrons. The first kappa shape index (κ1) is 10.7. The second-order valence-electron chi connectivity index (χ2n) is 2.85. The Balaban J connectivity index is 2.45. The molecule has 0 spiro atoms. The largest absolute Gasteiger partial charge is 0.477 e. The van der Waals surface area contributed by atoms with Gasteiger partial charge in [0.25, 0.3) is 0 Å². The molecule has 1 aromatic rings. The fourth-order valence-corrected chi connectivity index (χ4v) is 2.66. The molecule has 0 radical (unpaired) electrons. The van der Waals surface area contributed by atoms with Crippen LogP contribution in [0, 0.1) is 0 Å². The number of allylic oxidation sites excluding steroid dienone is 1. The first-order valence-electron chi connectivity index (χ1n) is 4.03. The number of aromatic carboxylic acids is 1. The van der Waals surface area contributed by atoms with Crippen LogP contribution in [0.15, 0.2) is 17.1 Å². The van der Waals surface area contributed by atoms with Crippen molar-refractivity contribution in [2.45, 2.75) is 0 Å². The predicted molar refractivity (Wildman–Crippen MR) is 62.4 cm³/mol. The Labute approximate surface area is 99.7 Å². The molecule has 0 aliphatic carbocycles. The van der Waals surface area contributed by atoms with Gasteiger partial charge in [-0.05, 0) is 6.07 Å². The van der Waals surface area contributed by atoms with Crippen LogP contribution in [-0.2, 0) is 0 Å². The lowest BCUT2D eigenvalue weighted by Gasteiger charge is -1.97. The van der Waals surface area contributed by atoms with Gasteiger partial charge < -0.3 is 5.11 Å². The topological polar surface area (TPSA) is 49.7 Å². The Kier molecular flexibility index (Phi) is 2.82. The number of carboxylic acids is 1. The Bertz CT molecular complexity index is 490. The molecule has 1 aliphatic rings. The average Bonchev–Trinajstić information content (AvgIpc) is 2.71. The third kappa shape index (κ3) is 1.93. The Morgan fingerprint density at radius 2 is 2.27 bits per heavy atom. The van der Waals surface area contributed by atoms with E-state index in [0.29, 0.717) is 27.2 Å². The predicted octanol–water partition coefficient (Wildman–Crippen LogP) is 3.13. The maximum Gasteiger partial charge on any atom is 0.345 e. The minimum atomic E-state index is -0.986. The molecule has 0 atom stereocenters. The monoisotopic (exact) mass is 261 g/mol. The van der Waals surface area contributed by atoms with Crippen LogP contribution in [-0.4, -0.2) is 22.8 Å². The van der Waals surface area contributed by atoms with Crippen molar-refractivity contribution < 1.29 is 9.90 Å². The highest BCUT2D eigenvalue weighted by Gasteiger charge is 2.19.